The van der Waals surface area contributed by atoms with Crippen molar-refractivity contribution in [3.63, 3.8) is 0 Å². The topological polar surface area (TPSA) is 18.5 Å². The van der Waals surface area contributed by atoms with Crippen LogP contribution in [-0.2, 0) is 6.61 Å². The van der Waals surface area contributed by atoms with Crippen LogP contribution in [0.4, 0.5) is 8.78 Å². The molecule has 0 aliphatic heterocycles. The van der Waals surface area contributed by atoms with Crippen molar-refractivity contribution in [3.05, 3.63) is 71.8 Å². The lowest BCUT2D eigenvalue weighted by molar-refractivity contribution is 0.306. The standard InChI is InChI=1S/C19H16F2O2/c1-2-22-16-6-3-13(4-7-16)12-23-17-8-5-14-10-18(20)19(21)11-15(14)9-17/h3-11H,2,12H2,1H3. The van der Waals surface area contributed by atoms with Crippen LogP contribution in [-0.4, -0.2) is 6.61 Å². The van der Waals surface area contributed by atoms with Crippen molar-refractivity contribution < 1.29 is 18.3 Å². The Morgan fingerprint density at radius 3 is 2.09 bits per heavy atom. The molecule has 0 aliphatic rings. The summed E-state index contributed by atoms with van der Waals surface area (Å²) >= 11 is 0. The van der Waals surface area contributed by atoms with E-state index in [4.69, 9.17) is 9.47 Å². The highest BCUT2D eigenvalue weighted by Crippen LogP contribution is 2.24. The van der Waals surface area contributed by atoms with Crippen LogP contribution >= 0.6 is 0 Å². The largest absolute Gasteiger partial charge is 0.494 e. The number of ether oxygens (including phenoxy) is 2. The summed E-state index contributed by atoms with van der Waals surface area (Å²) in [6.07, 6.45) is 0. The van der Waals surface area contributed by atoms with Crippen molar-refractivity contribution in [3.8, 4) is 11.5 Å². The SMILES string of the molecule is CCOc1ccc(COc2ccc3cc(F)c(F)cc3c2)cc1. The zero-order valence-electron chi connectivity index (χ0n) is 12.7. The van der Waals surface area contributed by atoms with E-state index in [-0.39, 0.29) is 0 Å². The second-order valence-electron chi connectivity index (χ2n) is 5.14. The van der Waals surface area contributed by atoms with Gasteiger partial charge in [0.25, 0.3) is 0 Å². The Bertz CT molecular complexity index is 813. The van der Waals surface area contributed by atoms with Crippen molar-refractivity contribution in [1.29, 1.82) is 0 Å². The van der Waals surface area contributed by atoms with E-state index in [1.165, 1.54) is 12.1 Å². The molecule has 0 N–H and O–H groups in total. The molecule has 0 radical (unpaired) electrons. The molecule has 4 heteroatoms. The van der Waals surface area contributed by atoms with Gasteiger partial charge in [0.15, 0.2) is 11.6 Å². The Balaban J connectivity index is 1.72. The van der Waals surface area contributed by atoms with Crippen LogP contribution < -0.4 is 9.47 Å². The quantitative estimate of drug-likeness (QED) is 0.652. The lowest BCUT2D eigenvalue weighted by Gasteiger charge is -2.09. The van der Waals surface area contributed by atoms with Crippen LogP contribution in [0, 0.1) is 11.6 Å². The fraction of sp³-hybridized carbons (Fsp3) is 0.158. The molecule has 3 aromatic carbocycles. The Morgan fingerprint density at radius 2 is 1.39 bits per heavy atom. The molecule has 0 saturated heterocycles. The second-order valence-corrected chi connectivity index (χ2v) is 5.14. The van der Waals surface area contributed by atoms with E-state index in [1.807, 2.05) is 31.2 Å². The van der Waals surface area contributed by atoms with E-state index in [2.05, 4.69) is 0 Å². The van der Waals surface area contributed by atoms with Crippen molar-refractivity contribution in [2.24, 2.45) is 0 Å². The first kappa shape index (κ1) is 15.3. The first-order valence-electron chi connectivity index (χ1n) is 7.39. The average Bonchev–Trinajstić information content (AvgIpc) is 2.56. The van der Waals surface area contributed by atoms with Crippen LogP contribution in [0.25, 0.3) is 10.8 Å². The van der Waals surface area contributed by atoms with Gasteiger partial charge in [-0.05, 0) is 59.7 Å². The fourth-order valence-electron chi connectivity index (χ4n) is 2.33. The highest BCUT2D eigenvalue weighted by molar-refractivity contribution is 5.84. The molecule has 0 fully saturated rings. The predicted molar refractivity (Wildman–Crippen MR) is 85.8 cm³/mol. The lowest BCUT2D eigenvalue weighted by Crippen LogP contribution is -1.96. The van der Waals surface area contributed by atoms with Crippen LogP contribution in [0.15, 0.2) is 54.6 Å². The summed E-state index contributed by atoms with van der Waals surface area (Å²) in [5.41, 5.74) is 0.999. The summed E-state index contributed by atoms with van der Waals surface area (Å²) in [5, 5.41) is 1.24. The smallest absolute Gasteiger partial charge is 0.159 e. The van der Waals surface area contributed by atoms with Crippen LogP contribution in [0.1, 0.15) is 12.5 Å². The Hall–Kier alpha value is -2.62. The Kier molecular flexibility index (Phi) is 4.42. The average molecular weight is 314 g/mol. The van der Waals surface area contributed by atoms with Gasteiger partial charge in [0.05, 0.1) is 6.61 Å². The summed E-state index contributed by atoms with van der Waals surface area (Å²) in [6.45, 7) is 2.96. The highest BCUT2D eigenvalue weighted by Gasteiger charge is 2.05. The van der Waals surface area contributed by atoms with Crippen LogP contribution in [0.3, 0.4) is 0 Å². The highest BCUT2D eigenvalue weighted by atomic mass is 19.2. The monoisotopic (exact) mass is 314 g/mol. The minimum absolute atomic E-state index is 0.390. The van der Waals surface area contributed by atoms with E-state index in [0.29, 0.717) is 29.7 Å². The van der Waals surface area contributed by atoms with Gasteiger partial charge in [-0.1, -0.05) is 18.2 Å². The maximum Gasteiger partial charge on any atom is 0.159 e. The van der Waals surface area contributed by atoms with Crippen molar-refractivity contribution >= 4 is 10.8 Å². The van der Waals surface area contributed by atoms with Crippen molar-refractivity contribution in [1.82, 2.24) is 0 Å². The van der Waals surface area contributed by atoms with E-state index in [1.54, 1.807) is 18.2 Å². The number of rotatable bonds is 5. The molecule has 0 spiro atoms. The molecule has 0 amide bonds. The molecule has 118 valence electrons. The summed E-state index contributed by atoms with van der Waals surface area (Å²) in [5.74, 6) is -0.279. The Labute approximate surface area is 133 Å². The van der Waals surface area contributed by atoms with Gasteiger partial charge >= 0.3 is 0 Å². The molecular formula is C19H16F2O2. The number of hydrogen-bond acceptors (Lipinski definition) is 2. The third kappa shape index (κ3) is 3.59. The van der Waals surface area contributed by atoms with Crippen molar-refractivity contribution in [2.45, 2.75) is 13.5 Å². The summed E-state index contributed by atoms with van der Waals surface area (Å²) < 4.78 is 37.6. The molecule has 0 aromatic heterocycles. The summed E-state index contributed by atoms with van der Waals surface area (Å²) in [6, 6.07) is 15.2. The molecule has 0 unspecified atom stereocenters. The first-order chi connectivity index (χ1) is 11.2. The molecule has 0 saturated carbocycles. The van der Waals surface area contributed by atoms with Gasteiger partial charge < -0.3 is 9.47 Å². The number of benzene rings is 3. The van der Waals surface area contributed by atoms with Gasteiger partial charge in [-0.25, -0.2) is 8.78 Å². The maximum atomic E-state index is 13.3. The molecule has 23 heavy (non-hydrogen) atoms. The molecule has 0 atom stereocenters. The van der Waals surface area contributed by atoms with Gasteiger partial charge in [0.2, 0.25) is 0 Å². The summed E-state index contributed by atoms with van der Waals surface area (Å²) in [7, 11) is 0. The third-order valence-electron chi connectivity index (χ3n) is 3.49. The normalized spacial score (nSPS) is 10.7. The van der Waals surface area contributed by atoms with Gasteiger partial charge in [-0.2, -0.15) is 0 Å². The fourth-order valence-corrected chi connectivity index (χ4v) is 2.33. The molecular weight excluding hydrogens is 298 g/mol. The molecule has 3 aromatic rings. The molecule has 3 rings (SSSR count). The summed E-state index contributed by atoms with van der Waals surface area (Å²) in [4.78, 5) is 0. The maximum absolute atomic E-state index is 13.3. The van der Waals surface area contributed by atoms with Crippen LogP contribution in [0.5, 0.6) is 11.5 Å². The minimum Gasteiger partial charge on any atom is -0.494 e. The molecule has 0 aliphatic carbocycles. The molecule has 0 heterocycles. The van der Waals surface area contributed by atoms with Gasteiger partial charge in [-0.15, -0.1) is 0 Å². The zero-order chi connectivity index (χ0) is 16.2. The number of fused-ring (bicyclic) bond motifs is 1. The molecule has 2 nitrogen and oxygen atoms in total. The lowest BCUT2D eigenvalue weighted by atomic mass is 10.1. The predicted octanol–water partition coefficient (Wildman–Crippen LogP) is 5.10. The van der Waals surface area contributed by atoms with E-state index >= 15 is 0 Å². The Morgan fingerprint density at radius 1 is 0.739 bits per heavy atom. The van der Waals surface area contributed by atoms with E-state index in [0.717, 1.165) is 11.3 Å². The van der Waals surface area contributed by atoms with Crippen molar-refractivity contribution in [2.75, 3.05) is 6.61 Å². The first-order valence-corrected chi connectivity index (χ1v) is 7.39. The van der Waals surface area contributed by atoms with E-state index < -0.39 is 11.6 Å². The van der Waals surface area contributed by atoms with Crippen LogP contribution in [0.2, 0.25) is 0 Å². The minimum atomic E-state index is -0.860. The second kappa shape index (κ2) is 6.65. The van der Waals surface area contributed by atoms with Gasteiger partial charge in [0, 0.05) is 0 Å². The van der Waals surface area contributed by atoms with Gasteiger partial charge in [0.1, 0.15) is 18.1 Å². The van der Waals surface area contributed by atoms with E-state index in [9.17, 15) is 8.78 Å². The number of hydrogen-bond donors (Lipinski definition) is 0. The molecule has 0 bridgehead atoms. The van der Waals surface area contributed by atoms with Gasteiger partial charge in [-0.3, -0.25) is 0 Å². The number of halogens is 2. The zero-order valence-corrected chi connectivity index (χ0v) is 12.7. The third-order valence-corrected chi connectivity index (χ3v) is 3.49.